The fraction of sp³-hybridized carbons (Fsp3) is 0.786. The van der Waals surface area contributed by atoms with E-state index in [0.717, 1.165) is 19.3 Å². The van der Waals surface area contributed by atoms with Crippen LogP contribution in [0.5, 0.6) is 0 Å². The zero-order valence-electron chi connectivity index (χ0n) is 12.7. The highest BCUT2D eigenvalue weighted by molar-refractivity contribution is 6.08. The Bertz CT molecular complexity index is 467. The number of carbonyl (C=O) groups is 2. The van der Waals surface area contributed by atoms with Gasteiger partial charge in [0.05, 0.1) is 0 Å². The molecule has 2 fully saturated rings. The van der Waals surface area contributed by atoms with Crippen LogP contribution in [0.1, 0.15) is 46.0 Å². The van der Waals surface area contributed by atoms with Crippen LogP contribution in [-0.4, -0.2) is 46.4 Å². The molecular weight excluding hydrogens is 272 g/mol. The standard InChI is InChI=1S/C14H24N4O3/c1-13(2)11(19)16-8-9-18(13)12(20)14(10(15)17-21)6-4-3-5-7-14/h21H,3-9H2,1-2H3,(H2,15,17)(H,16,19). The molecule has 2 aliphatic rings. The van der Waals surface area contributed by atoms with E-state index < -0.39 is 11.0 Å². The zero-order valence-corrected chi connectivity index (χ0v) is 12.7. The molecule has 7 nitrogen and oxygen atoms in total. The Morgan fingerprint density at radius 3 is 2.52 bits per heavy atom. The van der Waals surface area contributed by atoms with Gasteiger partial charge in [-0.2, -0.15) is 0 Å². The molecule has 0 radical (unpaired) electrons. The van der Waals surface area contributed by atoms with Crippen molar-refractivity contribution in [1.29, 1.82) is 0 Å². The molecule has 0 aromatic heterocycles. The lowest BCUT2D eigenvalue weighted by Gasteiger charge is -2.46. The van der Waals surface area contributed by atoms with Gasteiger partial charge in [0.2, 0.25) is 11.8 Å². The van der Waals surface area contributed by atoms with Crippen LogP contribution in [0.2, 0.25) is 0 Å². The minimum Gasteiger partial charge on any atom is -0.409 e. The highest BCUT2D eigenvalue weighted by atomic mass is 16.4. The van der Waals surface area contributed by atoms with Crippen molar-refractivity contribution in [3.05, 3.63) is 0 Å². The Kier molecular flexibility index (Phi) is 4.11. The summed E-state index contributed by atoms with van der Waals surface area (Å²) >= 11 is 0. The molecule has 21 heavy (non-hydrogen) atoms. The van der Waals surface area contributed by atoms with Crippen molar-refractivity contribution in [3.8, 4) is 0 Å². The molecule has 7 heteroatoms. The van der Waals surface area contributed by atoms with Crippen molar-refractivity contribution in [2.45, 2.75) is 51.5 Å². The van der Waals surface area contributed by atoms with E-state index in [0.29, 0.717) is 25.9 Å². The van der Waals surface area contributed by atoms with Crippen molar-refractivity contribution in [2.75, 3.05) is 13.1 Å². The number of rotatable bonds is 2. The summed E-state index contributed by atoms with van der Waals surface area (Å²) in [6, 6.07) is 0. The quantitative estimate of drug-likeness (QED) is 0.297. The van der Waals surface area contributed by atoms with E-state index in [1.165, 1.54) is 0 Å². The summed E-state index contributed by atoms with van der Waals surface area (Å²) in [4.78, 5) is 26.7. The van der Waals surface area contributed by atoms with Crippen molar-refractivity contribution in [1.82, 2.24) is 10.2 Å². The van der Waals surface area contributed by atoms with Crippen molar-refractivity contribution < 1.29 is 14.8 Å². The maximum atomic E-state index is 13.1. The first-order valence-electron chi connectivity index (χ1n) is 7.44. The average Bonchev–Trinajstić information content (AvgIpc) is 2.49. The molecule has 1 heterocycles. The monoisotopic (exact) mass is 296 g/mol. The molecule has 1 saturated carbocycles. The van der Waals surface area contributed by atoms with Crippen molar-refractivity contribution >= 4 is 17.6 Å². The van der Waals surface area contributed by atoms with Gasteiger partial charge in [-0.1, -0.05) is 24.4 Å². The third-order valence-electron chi connectivity index (χ3n) is 4.81. The smallest absolute Gasteiger partial charge is 0.245 e. The van der Waals surface area contributed by atoms with Gasteiger partial charge in [0.25, 0.3) is 0 Å². The summed E-state index contributed by atoms with van der Waals surface area (Å²) in [5.41, 5.74) is 3.97. The summed E-state index contributed by atoms with van der Waals surface area (Å²) in [6.45, 7) is 4.32. The van der Waals surface area contributed by atoms with Gasteiger partial charge in [0.15, 0.2) is 5.84 Å². The Hall–Kier alpha value is -1.79. The summed E-state index contributed by atoms with van der Waals surface area (Å²) < 4.78 is 0. The van der Waals surface area contributed by atoms with E-state index in [1.54, 1.807) is 18.7 Å². The Morgan fingerprint density at radius 2 is 1.95 bits per heavy atom. The molecule has 1 saturated heterocycles. The predicted molar refractivity (Wildman–Crippen MR) is 77.7 cm³/mol. The molecular formula is C14H24N4O3. The number of amides is 2. The fourth-order valence-electron chi connectivity index (χ4n) is 3.34. The highest BCUT2D eigenvalue weighted by Crippen LogP contribution is 2.40. The molecule has 1 aliphatic carbocycles. The minimum atomic E-state index is -0.970. The van der Waals surface area contributed by atoms with Gasteiger partial charge in [0, 0.05) is 13.1 Å². The number of nitrogens with two attached hydrogens (primary N) is 1. The lowest BCUT2D eigenvalue weighted by Crippen LogP contribution is -2.67. The molecule has 4 N–H and O–H groups in total. The second-order valence-corrected chi connectivity index (χ2v) is 6.40. The largest absolute Gasteiger partial charge is 0.409 e. The maximum absolute atomic E-state index is 13.1. The summed E-state index contributed by atoms with van der Waals surface area (Å²) in [6.07, 6.45) is 3.90. The van der Waals surface area contributed by atoms with Gasteiger partial charge in [0.1, 0.15) is 11.0 Å². The third-order valence-corrected chi connectivity index (χ3v) is 4.81. The minimum absolute atomic E-state index is 0.0334. The number of carbonyl (C=O) groups excluding carboxylic acids is 2. The lowest BCUT2D eigenvalue weighted by molar-refractivity contribution is -0.155. The second-order valence-electron chi connectivity index (χ2n) is 6.40. The van der Waals surface area contributed by atoms with Gasteiger partial charge in [-0.25, -0.2) is 0 Å². The van der Waals surface area contributed by atoms with Gasteiger partial charge in [-0.3, -0.25) is 9.59 Å². The highest BCUT2D eigenvalue weighted by Gasteiger charge is 2.51. The first-order chi connectivity index (χ1) is 9.86. The molecule has 0 bridgehead atoms. The third kappa shape index (κ3) is 2.45. The molecule has 118 valence electrons. The summed E-state index contributed by atoms with van der Waals surface area (Å²) in [5.74, 6) is -0.404. The molecule has 0 atom stereocenters. The molecule has 2 rings (SSSR count). The van der Waals surface area contributed by atoms with E-state index in [-0.39, 0.29) is 17.6 Å². The van der Waals surface area contributed by atoms with Crippen LogP contribution in [0.4, 0.5) is 0 Å². The number of hydrogen-bond acceptors (Lipinski definition) is 4. The Balaban J connectivity index is 2.36. The van der Waals surface area contributed by atoms with Crippen LogP contribution in [0.15, 0.2) is 5.16 Å². The first-order valence-corrected chi connectivity index (χ1v) is 7.44. The van der Waals surface area contributed by atoms with E-state index in [4.69, 9.17) is 10.9 Å². The normalized spacial score (nSPS) is 25.3. The molecule has 0 aromatic carbocycles. The number of hydrogen-bond donors (Lipinski definition) is 3. The van der Waals surface area contributed by atoms with E-state index in [1.807, 2.05) is 0 Å². The predicted octanol–water partition coefficient (Wildman–Crippen LogP) is 0.420. The van der Waals surface area contributed by atoms with E-state index in [9.17, 15) is 9.59 Å². The van der Waals surface area contributed by atoms with E-state index >= 15 is 0 Å². The van der Waals surface area contributed by atoms with Crippen LogP contribution in [0, 0.1) is 5.41 Å². The van der Waals surface area contributed by atoms with Crippen LogP contribution in [0.3, 0.4) is 0 Å². The Labute approximate surface area is 124 Å². The fourth-order valence-corrected chi connectivity index (χ4v) is 3.34. The van der Waals surface area contributed by atoms with Gasteiger partial charge < -0.3 is 21.2 Å². The summed E-state index contributed by atoms with van der Waals surface area (Å²) in [5, 5.41) is 15.0. The van der Waals surface area contributed by atoms with Gasteiger partial charge >= 0.3 is 0 Å². The lowest BCUT2D eigenvalue weighted by atomic mass is 9.71. The second kappa shape index (κ2) is 5.54. The average molecular weight is 296 g/mol. The van der Waals surface area contributed by atoms with Crippen LogP contribution < -0.4 is 11.1 Å². The molecule has 0 aromatic rings. The molecule has 2 amide bonds. The number of nitrogens with zero attached hydrogens (tertiary/aromatic N) is 2. The Morgan fingerprint density at radius 1 is 1.33 bits per heavy atom. The number of nitrogens with one attached hydrogen (secondary N) is 1. The number of piperazine rings is 1. The van der Waals surface area contributed by atoms with Crippen LogP contribution >= 0.6 is 0 Å². The molecule has 0 spiro atoms. The maximum Gasteiger partial charge on any atom is 0.245 e. The molecule has 1 aliphatic heterocycles. The van der Waals surface area contributed by atoms with E-state index in [2.05, 4.69) is 10.5 Å². The zero-order chi connectivity index (χ0) is 15.7. The summed E-state index contributed by atoms with van der Waals surface area (Å²) in [7, 11) is 0. The number of oxime groups is 1. The topological polar surface area (TPSA) is 108 Å². The molecule has 0 unspecified atom stereocenters. The SMILES string of the molecule is CC1(C)C(=O)NCCN1C(=O)C1(C(N)=NO)CCCCC1. The van der Waals surface area contributed by atoms with Crippen LogP contribution in [0.25, 0.3) is 0 Å². The van der Waals surface area contributed by atoms with Crippen molar-refractivity contribution in [2.24, 2.45) is 16.3 Å². The van der Waals surface area contributed by atoms with Crippen LogP contribution in [-0.2, 0) is 9.59 Å². The van der Waals surface area contributed by atoms with Gasteiger partial charge in [-0.05, 0) is 26.7 Å². The van der Waals surface area contributed by atoms with Gasteiger partial charge in [-0.15, -0.1) is 0 Å². The number of amidine groups is 1. The first kappa shape index (κ1) is 15.6. The van der Waals surface area contributed by atoms with Crippen molar-refractivity contribution in [3.63, 3.8) is 0 Å².